The number of carbonyl (C=O) groups excluding carboxylic acids is 2. The molecule has 0 radical (unpaired) electrons. The van der Waals surface area contributed by atoms with Crippen molar-refractivity contribution in [1.29, 1.82) is 0 Å². The molecule has 160 valence electrons. The molecule has 0 spiro atoms. The zero-order valence-corrected chi connectivity index (χ0v) is 17.1. The van der Waals surface area contributed by atoms with Gasteiger partial charge in [0.25, 0.3) is 11.8 Å². The minimum atomic E-state index is -0.588. The van der Waals surface area contributed by atoms with Gasteiger partial charge in [-0.05, 0) is 29.3 Å². The van der Waals surface area contributed by atoms with Crippen LogP contribution in [0.1, 0.15) is 21.5 Å². The lowest BCUT2D eigenvalue weighted by atomic mass is 10.1. The number of hydrogen-bond acceptors (Lipinski definition) is 6. The van der Waals surface area contributed by atoms with Gasteiger partial charge in [-0.2, -0.15) is 0 Å². The Hall–Kier alpha value is -3.10. The third-order valence-electron chi connectivity index (χ3n) is 4.85. The van der Waals surface area contributed by atoms with Crippen molar-refractivity contribution < 1.29 is 23.8 Å². The number of nitrogens with two attached hydrogens (primary N) is 1. The predicted octanol–water partition coefficient (Wildman–Crippen LogP) is 1.32. The van der Waals surface area contributed by atoms with Gasteiger partial charge in [0, 0.05) is 31.7 Å². The highest BCUT2D eigenvalue weighted by Crippen LogP contribution is 2.28. The molecule has 1 aliphatic rings. The number of nitrogens with zero attached hydrogens (tertiary/aromatic N) is 1. The van der Waals surface area contributed by atoms with E-state index in [1.54, 1.807) is 18.2 Å². The Morgan fingerprint density at radius 1 is 1.10 bits per heavy atom. The van der Waals surface area contributed by atoms with Crippen LogP contribution in [0.2, 0.25) is 0 Å². The third kappa shape index (κ3) is 5.95. The molecule has 0 atom stereocenters. The fraction of sp³-hybridized carbons (Fsp3) is 0.364. The van der Waals surface area contributed by atoms with Gasteiger partial charge in [-0.25, -0.2) is 0 Å². The lowest BCUT2D eigenvalue weighted by molar-refractivity contribution is -0.119. The van der Waals surface area contributed by atoms with Crippen LogP contribution in [0.5, 0.6) is 11.5 Å². The van der Waals surface area contributed by atoms with Gasteiger partial charge in [0.05, 0.1) is 20.3 Å². The van der Waals surface area contributed by atoms with Gasteiger partial charge in [-0.15, -0.1) is 0 Å². The number of amides is 2. The van der Waals surface area contributed by atoms with Crippen LogP contribution in [0.25, 0.3) is 0 Å². The quantitative estimate of drug-likeness (QED) is 0.643. The van der Waals surface area contributed by atoms with Crippen LogP contribution >= 0.6 is 0 Å². The zero-order chi connectivity index (χ0) is 21.3. The van der Waals surface area contributed by atoms with E-state index in [2.05, 4.69) is 16.3 Å². The summed E-state index contributed by atoms with van der Waals surface area (Å²) in [4.78, 5) is 25.9. The third-order valence-corrected chi connectivity index (χ3v) is 4.85. The average molecular weight is 413 g/mol. The van der Waals surface area contributed by atoms with Crippen LogP contribution < -0.4 is 20.5 Å². The lowest BCUT2D eigenvalue weighted by Gasteiger charge is -2.27. The van der Waals surface area contributed by atoms with Crippen LogP contribution in [-0.4, -0.2) is 56.7 Å². The van der Waals surface area contributed by atoms with E-state index < -0.39 is 5.91 Å². The van der Waals surface area contributed by atoms with Gasteiger partial charge in [-0.1, -0.05) is 24.3 Å². The number of benzene rings is 2. The van der Waals surface area contributed by atoms with Crippen molar-refractivity contribution in [1.82, 2.24) is 10.2 Å². The van der Waals surface area contributed by atoms with E-state index in [4.69, 9.17) is 19.9 Å². The standard InChI is InChI=1S/C22H27N3O5/c1-28-20-12-16(6-7-19(20)30-15-21(23)26)22(27)24-13-17-4-2-3-5-18(17)14-25-8-10-29-11-9-25/h2-7,12H,8-11,13-15H2,1H3,(H2,23,26)(H,24,27). The van der Waals surface area contributed by atoms with Crippen molar-refractivity contribution in [3.05, 3.63) is 59.2 Å². The van der Waals surface area contributed by atoms with Gasteiger partial charge in [0.1, 0.15) is 0 Å². The zero-order valence-electron chi connectivity index (χ0n) is 17.1. The van der Waals surface area contributed by atoms with Crippen molar-refractivity contribution >= 4 is 11.8 Å². The topological polar surface area (TPSA) is 103 Å². The number of morpholine rings is 1. The molecule has 8 heteroatoms. The van der Waals surface area contributed by atoms with Crippen LogP contribution in [0.4, 0.5) is 0 Å². The van der Waals surface area contributed by atoms with Crippen molar-refractivity contribution in [2.45, 2.75) is 13.1 Å². The second-order valence-electron chi connectivity index (χ2n) is 6.96. The largest absolute Gasteiger partial charge is 0.493 e. The van der Waals surface area contributed by atoms with E-state index in [1.165, 1.54) is 12.7 Å². The summed E-state index contributed by atoms with van der Waals surface area (Å²) in [6, 6.07) is 12.9. The summed E-state index contributed by atoms with van der Waals surface area (Å²) < 4.78 is 16.0. The Morgan fingerprint density at radius 3 is 2.53 bits per heavy atom. The summed E-state index contributed by atoms with van der Waals surface area (Å²) in [5.41, 5.74) is 7.79. The molecule has 2 amide bonds. The molecule has 8 nitrogen and oxygen atoms in total. The second kappa shape index (κ2) is 10.6. The molecule has 0 aliphatic carbocycles. The van der Waals surface area contributed by atoms with Gasteiger partial charge >= 0.3 is 0 Å². The summed E-state index contributed by atoms with van der Waals surface area (Å²) in [6.07, 6.45) is 0. The number of hydrogen-bond donors (Lipinski definition) is 2. The van der Waals surface area contributed by atoms with Gasteiger partial charge < -0.3 is 25.3 Å². The van der Waals surface area contributed by atoms with E-state index in [1.807, 2.05) is 18.2 Å². The SMILES string of the molecule is COc1cc(C(=O)NCc2ccccc2CN2CCOCC2)ccc1OCC(N)=O. The Balaban J connectivity index is 1.63. The monoisotopic (exact) mass is 413 g/mol. The first kappa shape index (κ1) is 21.6. The number of methoxy groups -OCH3 is 1. The number of primary amides is 1. The fourth-order valence-electron chi connectivity index (χ4n) is 3.24. The molecule has 0 bridgehead atoms. The van der Waals surface area contributed by atoms with Crippen molar-refractivity contribution in [2.24, 2.45) is 5.73 Å². The Labute approximate surface area is 175 Å². The summed E-state index contributed by atoms with van der Waals surface area (Å²) in [6.45, 7) is 4.30. The number of rotatable bonds is 9. The van der Waals surface area contributed by atoms with E-state index in [0.717, 1.165) is 38.4 Å². The van der Waals surface area contributed by atoms with Crippen molar-refractivity contribution in [3.63, 3.8) is 0 Å². The molecular formula is C22H27N3O5. The molecule has 2 aromatic carbocycles. The van der Waals surface area contributed by atoms with E-state index >= 15 is 0 Å². The lowest BCUT2D eigenvalue weighted by Crippen LogP contribution is -2.36. The number of carbonyl (C=O) groups is 2. The van der Waals surface area contributed by atoms with E-state index in [9.17, 15) is 9.59 Å². The molecule has 3 N–H and O–H groups in total. The van der Waals surface area contributed by atoms with Crippen LogP contribution in [0.15, 0.2) is 42.5 Å². The first-order chi connectivity index (χ1) is 14.6. The summed E-state index contributed by atoms with van der Waals surface area (Å²) in [5, 5.41) is 2.96. The molecule has 0 aromatic heterocycles. The highest BCUT2D eigenvalue weighted by Gasteiger charge is 2.15. The Morgan fingerprint density at radius 2 is 1.83 bits per heavy atom. The molecule has 1 aliphatic heterocycles. The smallest absolute Gasteiger partial charge is 0.255 e. The minimum Gasteiger partial charge on any atom is -0.493 e. The maximum atomic E-state index is 12.7. The average Bonchev–Trinajstić information content (AvgIpc) is 2.77. The van der Waals surface area contributed by atoms with Crippen LogP contribution in [0, 0.1) is 0 Å². The maximum Gasteiger partial charge on any atom is 0.255 e. The van der Waals surface area contributed by atoms with E-state index in [-0.39, 0.29) is 12.5 Å². The van der Waals surface area contributed by atoms with Crippen molar-refractivity contribution in [3.8, 4) is 11.5 Å². The second-order valence-corrected chi connectivity index (χ2v) is 6.96. The normalized spacial score (nSPS) is 14.2. The fourth-order valence-corrected chi connectivity index (χ4v) is 3.24. The Bertz CT molecular complexity index is 881. The molecule has 0 unspecified atom stereocenters. The maximum absolute atomic E-state index is 12.7. The molecular weight excluding hydrogens is 386 g/mol. The van der Waals surface area contributed by atoms with Crippen molar-refractivity contribution in [2.75, 3.05) is 40.0 Å². The first-order valence-electron chi connectivity index (χ1n) is 9.81. The molecule has 3 rings (SSSR count). The van der Waals surface area contributed by atoms with E-state index in [0.29, 0.717) is 23.6 Å². The first-order valence-corrected chi connectivity index (χ1v) is 9.81. The van der Waals surface area contributed by atoms with Crippen LogP contribution in [-0.2, 0) is 22.6 Å². The Kier molecular flexibility index (Phi) is 7.64. The van der Waals surface area contributed by atoms with Gasteiger partial charge in [0.15, 0.2) is 18.1 Å². The highest BCUT2D eigenvalue weighted by atomic mass is 16.5. The number of ether oxygens (including phenoxy) is 3. The molecule has 30 heavy (non-hydrogen) atoms. The van der Waals surface area contributed by atoms with Crippen LogP contribution in [0.3, 0.4) is 0 Å². The summed E-state index contributed by atoms with van der Waals surface area (Å²) in [5.74, 6) is -0.106. The molecule has 0 saturated carbocycles. The molecule has 2 aromatic rings. The number of nitrogens with one attached hydrogen (secondary N) is 1. The van der Waals surface area contributed by atoms with Gasteiger partial charge in [-0.3, -0.25) is 14.5 Å². The predicted molar refractivity (Wildman–Crippen MR) is 111 cm³/mol. The summed E-state index contributed by atoms with van der Waals surface area (Å²) in [7, 11) is 1.47. The van der Waals surface area contributed by atoms with Gasteiger partial charge in [0.2, 0.25) is 0 Å². The molecule has 1 saturated heterocycles. The minimum absolute atomic E-state index is 0.226. The summed E-state index contributed by atoms with van der Waals surface area (Å²) >= 11 is 0. The molecule has 1 fully saturated rings. The molecule has 1 heterocycles. The highest BCUT2D eigenvalue weighted by molar-refractivity contribution is 5.94.